The fourth-order valence-electron chi connectivity index (χ4n) is 7.79. The molecule has 0 saturated carbocycles. The van der Waals surface area contributed by atoms with Crippen molar-refractivity contribution in [3.63, 3.8) is 0 Å². The van der Waals surface area contributed by atoms with E-state index in [0.29, 0.717) is 155 Å². The number of carbonyl (C=O) groups is 9. The highest BCUT2D eigenvalue weighted by Crippen LogP contribution is 2.27. The van der Waals surface area contributed by atoms with Crippen LogP contribution >= 0.6 is 57.8 Å². The molecule has 0 aliphatic heterocycles. The first-order valence-corrected chi connectivity index (χ1v) is 52.2. The summed E-state index contributed by atoms with van der Waals surface area (Å²) in [6, 6.07) is 11.6. The van der Waals surface area contributed by atoms with Crippen LogP contribution in [0.15, 0.2) is 134 Å². The fourth-order valence-corrected chi connectivity index (χ4v) is 7.79. The molecule has 0 heterocycles. The van der Waals surface area contributed by atoms with Crippen molar-refractivity contribution in [1.29, 1.82) is 0 Å². The van der Waals surface area contributed by atoms with Gasteiger partial charge in [0.2, 0.25) is 11.8 Å². The topological polar surface area (TPSA) is 992 Å². The third kappa shape index (κ3) is 169. The second-order valence-electron chi connectivity index (χ2n) is 28.5. The van der Waals surface area contributed by atoms with E-state index in [0.717, 1.165) is 184 Å². The highest BCUT2D eigenvalue weighted by atomic mass is 31.1. The molecule has 147 heavy (non-hydrogen) atoms. The summed E-state index contributed by atoms with van der Waals surface area (Å²) in [5.74, 6) is 0.893. The van der Waals surface area contributed by atoms with Crippen LogP contribution in [0.3, 0.4) is 0 Å². The molecule has 2 rings (SSSR count). The number of rotatable bonds is 62. The van der Waals surface area contributed by atoms with Crippen molar-refractivity contribution in [2.45, 2.75) is 205 Å². The standard InChI is InChI=1S/C15H29NO4.C14H14N2O.C11H21NO3.C9H18N2O.C9H17NO.C7H14N2O.2C7H13NO.C6H13NO.CH4.7HO4P.7H2/c1-14(2)15(17)6-3-4-8-18-10-12-20-13-11-19-9-5-7-16;1-9(2)14(17)16-13-8-4-5-10-11(13)6-3-7-12(10)15;1-10(2)11(13)4-3-6-14-8-9-15-7-5-12;1-8(2)9(12)11-7-5-3-4-6-10;1-8(2)9(11)6-4-3-5-7-10;1-6(2)7(10)9-5-3-4-8;2*1-6(2)7(9)4-3-5-8;1-2-6(8)4-3-5-7;;7*1-4-5(2)3;;;;;;;/h1,3-13,16H2,2H3;3-8H,1,15H2,2H3,(H,16,17);1,3-9,12H2,2H3;1,3-7,10H2,2H3,(H,11,12);1,3-7,10H2,2H3;1,3-5,8H2,2H3,(H,9,10);2*1,3-5,8H2,2H3;2-5,7H2,1H3;1H4;7*1H;7*1H/p+2. The molecule has 0 spiro atoms. The average Bonchev–Trinajstić information content (AvgIpc) is 0.808. The first-order valence-electron chi connectivity index (χ1n) is 44.5. The Kier molecular flexibility index (Phi) is 160. The van der Waals surface area contributed by atoms with E-state index in [1.165, 1.54) is 0 Å². The summed E-state index contributed by atoms with van der Waals surface area (Å²) in [6.45, 7) is 59.1. The fraction of sp³-hybridized carbons (Fsp3) is 0.593. The summed E-state index contributed by atoms with van der Waals surface area (Å²) in [5, 5.41) is 70.1. The van der Waals surface area contributed by atoms with Crippen molar-refractivity contribution in [2.24, 2.45) is 0 Å². The maximum absolute atomic E-state index is 11.6. The molecule has 0 fully saturated rings. The van der Waals surface area contributed by atoms with E-state index in [-0.39, 0.29) is 64.1 Å². The van der Waals surface area contributed by atoms with Crippen molar-refractivity contribution in [2.75, 3.05) is 137 Å². The van der Waals surface area contributed by atoms with Crippen LogP contribution in [0.25, 0.3) is 10.8 Å². The van der Waals surface area contributed by atoms with Gasteiger partial charge in [-0.2, -0.15) is 0 Å². The minimum Gasteiger partial charge on any atom is -0.674 e. The van der Waals surface area contributed by atoms with Crippen molar-refractivity contribution in [3.8, 4) is 0 Å². The van der Waals surface area contributed by atoms with Gasteiger partial charge in [-0.15, -0.1) is 0 Å². The minimum absolute atomic E-state index is 0. The molecule has 61 heteroatoms. The lowest BCUT2D eigenvalue weighted by molar-refractivity contribution is -0.644. The van der Waals surface area contributed by atoms with E-state index < -0.39 is 57.8 Å². The molecule has 0 radical (unpaired) electrons. The second-order valence-corrected chi connectivity index (χ2v) is 32.6. The second kappa shape index (κ2) is 136. The van der Waals surface area contributed by atoms with Crippen molar-refractivity contribution in [1.82, 2.24) is 10.6 Å². The first kappa shape index (κ1) is 172. The molecule has 7 atom stereocenters. The van der Waals surface area contributed by atoms with Gasteiger partial charge in [0.1, 0.15) is 11.5 Å². The van der Waals surface area contributed by atoms with Gasteiger partial charge in [-0.1, -0.05) is 85.2 Å². The summed E-state index contributed by atoms with van der Waals surface area (Å²) in [6.07, 6.45) is 18.1. The van der Waals surface area contributed by atoms with Gasteiger partial charge in [-0.05, 0) is 191 Å². The van der Waals surface area contributed by atoms with E-state index in [1.807, 2.05) is 43.3 Å². The lowest BCUT2D eigenvalue weighted by Crippen LogP contribution is -2.52. The first-order chi connectivity index (χ1) is 68.6. The number of benzene rings is 2. The molecule has 0 saturated heterocycles. The molecule has 7 unspecified atom stereocenters. The van der Waals surface area contributed by atoms with Crippen LogP contribution in [0.4, 0.5) is 11.4 Å². The molecule has 0 aliphatic rings. The molecule has 3 amide bonds. The van der Waals surface area contributed by atoms with E-state index in [1.54, 1.807) is 55.4 Å². The number of allylic oxidation sites excluding steroid dienone is 5. The summed E-state index contributed by atoms with van der Waals surface area (Å²) in [5.41, 5.74) is 40.0. The molecule has 0 aromatic heterocycles. The monoisotopic (exact) mass is 2270 g/mol. The number of quaternary nitrogens is 9. The average molecular weight is 2270 g/mol. The maximum Gasteiger partial charge on any atom is 0.479 e. The normalized spacial score (nSPS) is 10.1. The number of amides is 3. The number of hydrogen-bond donors (Lipinski definition) is 12. The number of carbonyl (C=O) groups excluding carboxylic acids is 9. The van der Waals surface area contributed by atoms with Crippen LogP contribution in [0.5, 0.6) is 0 Å². The molecule has 2 aromatic rings. The summed E-state index contributed by atoms with van der Waals surface area (Å²) in [7, 11) is -22.1. The zero-order chi connectivity index (χ0) is 116. The number of ether oxygens (including phenoxy) is 5. The largest absolute Gasteiger partial charge is 0.674 e. The van der Waals surface area contributed by atoms with Gasteiger partial charge < -0.3 is 162 Å². The highest BCUT2D eigenvalue weighted by molar-refractivity contribution is 7.31. The zero-order valence-electron chi connectivity index (χ0n) is 85.8. The Morgan fingerprint density at radius 3 is 0.823 bits per heavy atom. The predicted molar refractivity (Wildman–Crippen MR) is 531 cm³/mol. The van der Waals surface area contributed by atoms with E-state index >= 15 is 0 Å². The van der Waals surface area contributed by atoms with Crippen molar-refractivity contribution in [3.05, 3.63) is 134 Å². The Bertz CT molecular complexity index is 3790. The summed E-state index contributed by atoms with van der Waals surface area (Å²) < 4.78 is 106. The minimum atomic E-state index is -3.15. The molecular formula is C86H179N12O42P7+2. The van der Waals surface area contributed by atoms with Crippen LogP contribution < -0.4 is 139 Å². The van der Waals surface area contributed by atoms with Crippen LogP contribution in [-0.2, 0) is 132 Å². The third-order valence-electron chi connectivity index (χ3n) is 15.3. The van der Waals surface area contributed by atoms with E-state index in [2.05, 4.69) is 153 Å². The number of unbranched alkanes of at least 4 members (excludes halogenated alkanes) is 5. The number of fused-ring (bicyclic) bond motifs is 1. The Hall–Kier alpha value is -7.65. The molecule has 2 aromatic carbocycles. The quantitative estimate of drug-likeness (QED) is 0.00966. The number of nitrogens with one attached hydrogen (secondary N) is 3. The molecule has 868 valence electrons. The van der Waals surface area contributed by atoms with Crippen LogP contribution in [0.2, 0.25) is 0 Å². The zero-order valence-corrected chi connectivity index (χ0v) is 92.0. The Morgan fingerprint density at radius 1 is 0.293 bits per heavy atom. The van der Waals surface area contributed by atoms with Gasteiger partial charge >= 0.3 is 57.8 Å². The SMILES string of the molecule is C.C=C(C)C(=O)CCCCC[NH3+].C=C(C)C(=O)CCCCOCCOCCOCCC[NH3+].C=C(C)C(=O)CCCOCCOCC[NH3+].C=C(C)C(=O)CCC[NH3+].C=C(C)C(=O)CCC[NH3+].C=C(C)C(=O)NCCCCC[NH3+].C=C(C)C(=O)NCCC[NH3+].C=C(C)C(=O)Nc1cccc2c([NH3+])cccc12.CCC(=O)CCC[NH3+].O=[P+]([O-])O[O-].O=[P+]([O-])O[O-].O=[P+]([O-])O[O-].O=[P+]([O-])O[O-].O=[P+]([O-])O[O-].O=[P+]([O-])O[O-].O=[P+]([O-])O[O-].[HH].[HH].[HH].[HH].[HH].[HH].[HH]. The Morgan fingerprint density at radius 2 is 0.537 bits per heavy atom. The van der Waals surface area contributed by atoms with Gasteiger partial charge in [0.05, 0.1) is 105 Å². The maximum atomic E-state index is 11.6. The molecule has 0 bridgehead atoms. The summed E-state index contributed by atoms with van der Waals surface area (Å²) >= 11 is 0. The third-order valence-corrected chi connectivity index (χ3v) is 16.1. The molecular weight excluding hydrogens is 2090 g/mol. The molecule has 0 aliphatic carbocycles. The molecule has 30 N–H and O–H groups in total. The van der Waals surface area contributed by atoms with Crippen LogP contribution in [0, 0.1) is 0 Å². The Balaban J connectivity index is -0.0000000614. The van der Waals surface area contributed by atoms with Gasteiger partial charge in [-0.25, -0.2) is 32.7 Å². The summed E-state index contributed by atoms with van der Waals surface area (Å²) in [4.78, 5) is 161. The van der Waals surface area contributed by atoms with Crippen molar-refractivity contribution < 1.29 is 264 Å². The van der Waals surface area contributed by atoms with Crippen LogP contribution in [0.1, 0.15) is 215 Å². The number of Topliss-reactive ketones (excluding diaryl/α,β-unsaturated/α-hetero) is 6. The number of ketones is 6. The predicted octanol–water partition coefficient (Wildman–Crippen LogP) is -5.54. The molecule has 54 nitrogen and oxygen atoms in total. The van der Waals surface area contributed by atoms with E-state index in [4.69, 9.17) is 127 Å². The number of anilines is 1. The number of hydrogen-bond acceptors (Lipinski definition) is 42. The lowest BCUT2D eigenvalue weighted by atomic mass is 10.1. The Labute approximate surface area is 878 Å². The van der Waals surface area contributed by atoms with Gasteiger partial charge in [0.25, 0.3) is 5.91 Å². The van der Waals surface area contributed by atoms with E-state index in [9.17, 15) is 43.2 Å². The van der Waals surface area contributed by atoms with Crippen molar-refractivity contribution >= 4 is 132 Å². The van der Waals surface area contributed by atoms with Gasteiger partial charge in [0.15, 0.2) is 28.9 Å². The van der Waals surface area contributed by atoms with Gasteiger partial charge in [-0.3, -0.25) is 43.2 Å². The lowest BCUT2D eigenvalue weighted by Gasteiger charge is -2.08. The van der Waals surface area contributed by atoms with Crippen LogP contribution in [-0.4, -0.2) is 184 Å². The highest BCUT2D eigenvalue weighted by Gasteiger charge is 2.11. The smallest absolute Gasteiger partial charge is 0.479 e. The van der Waals surface area contributed by atoms with Gasteiger partial charge in [0, 0.05) is 147 Å².